The summed E-state index contributed by atoms with van der Waals surface area (Å²) in [6.07, 6.45) is -0.452. The van der Waals surface area contributed by atoms with Crippen molar-refractivity contribution in [3.8, 4) is 11.8 Å². The molecule has 0 spiro atoms. The highest BCUT2D eigenvalue weighted by atomic mass is 16.5. The van der Waals surface area contributed by atoms with Crippen LogP contribution in [0.2, 0.25) is 0 Å². The monoisotopic (exact) mass is 168 g/mol. The zero-order chi connectivity index (χ0) is 9.56. The van der Waals surface area contributed by atoms with Gasteiger partial charge in [0.05, 0.1) is 13.2 Å². The van der Waals surface area contributed by atoms with Crippen LogP contribution in [0.1, 0.15) is 13.3 Å². The molecule has 1 N–H and O–H groups in total. The lowest BCUT2D eigenvalue weighted by Crippen LogP contribution is -2.05. The summed E-state index contributed by atoms with van der Waals surface area (Å²) < 4.78 is 4.28. The number of aliphatic hydroxyl groups is 1. The van der Waals surface area contributed by atoms with Gasteiger partial charge in [-0.15, -0.1) is 0 Å². The minimum absolute atomic E-state index is 0.213. The van der Waals surface area contributed by atoms with Crippen LogP contribution in [0.15, 0.2) is 12.2 Å². The molecule has 0 aliphatic heterocycles. The summed E-state index contributed by atoms with van der Waals surface area (Å²) in [5.74, 6) is 4.09. The SMILES string of the molecule is C=C(C)C(O)CC#CC(=O)OC. The van der Waals surface area contributed by atoms with E-state index in [1.54, 1.807) is 6.92 Å². The third kappa shape index (κ3) is 4.53. The Bertz CT molecular complexity index is 232. The van der Waals surface area contributed by atoms with Gasteiger partial charge in [-0.25, -0.2) is 4.79 Å². The van der Waals surface area contributed by atoms with Crippen LogP contribution in [0.5, 0.6) is 0 Å². The van der Waals surface area contributed by atoms with Gasteiger partial charge in [0.1, 0.15) is 0 Å². The number of methoxy groups -OCH3 is 1. The topological polar surface area (TPSA) is 46.5 Å². The lowest BCUT2D eigenvalue weighted by molar-refractivity contribution is -0.133. The first-order chi connectivity index (χ1) is 5.57. The van der Waals surface area contributed by atoms with E-state index >= 15 is 0 Å². The summed E-state index contributed by atoms with van der Waals surface area (Å²) >= 11 is 0. The van der Waals surface area contributed by atoms with Crippen molar-refractivity contribution in [3.05, 3.63) is 12.2 Å². The second-order valence-corrected chi connectivity index (χ2v) is 2.36. The Morgan fingerprint density at radius 1 is 1.75 bits per heavy atom. The average molecular weight is 168 g/mol. The first-order valence-electron chi connectivity index (χ1n) is 3.48. The predicted molar refractivity (Wildman–Crippen MR) is 45.2 cm³/mol. The third-order valence-corrected chi connectivity index (χ3v) is 1.24. The normalized spacial score (nSPS) is 10.9. The molecule has 12 heavy (non-hydrogen) atoms. The van der Waals surface area contributed by atoms with Crippen LogP contribution in [0, 0.1) is 11.8 Å². The Kier molecular flexibility index (Phi) is 4.82. The quantitative estimate of drug-likeness (QED) is 0.282. The first kappa shape index (κ1) is 10.7. The van der Waals surface area contributed by atoms with E-state index < -0.39 is 12.1 Å². The van der Waals surface area contributed by atoms with E-state index in [9.17, 15) is 4.79 Å². The Morgan fingerprint density at radius 2 is 2.33 bits per heavy atom. The highest BCUT2D eigenvalue weighted by molar-refractivity contribution is 5.88. The van der Waals surface area contributed by atoms with Gasteiger partial charge in [-0.2, -0.15) is 0 Å². The Morgan fingerprint density at radius 3 is 2.75 bits per heavy atom. The number of rotatable bonds is 2. The number of esters is 1. The smallest absolute Gasteiger partial charge is 0.384 e. The molecule has 0 amide bonds. The van der Waals surface area contributed by atoms with Gasteiger partial charge in [-0.05, 0) is 6.92 Å². The number of carbonyl (C=O) groups excluding carboxylic acids is 1. The maximum absolute atomic E-state index is 10.5. The van der Waals surface area contributed by atoms with Gasteiger partial charge in [0.15, 0.2) is 0 Å². The molecule has 0 heterocycles. The fraction of sp³-hybridized carbons (Fsp3) is 0.444. The average Bonchev–Trinajstić information content (AvgIpc) is 2.03. The van der Waals surface area contributed by atoms with E-state index in [4.69, 9.17) is 5.11 Å². The molecule has 0 aromatic heterocycles. The first-order valence-corrected chi connectivity index (χ1v) is 3.48. The summed E-state index contributed by atoms with van der Waals surface area (Å²) in [5, 5.41) is 9.16. The minimum Gasteiger partial charge on any atom is -0.459 e. The molecule has 3 nitrogen and oxygen atoms in total. The highest BCUT2D eigenvalue weighted by Gasteiger charge is 2.00. The van der Waals surface area contributed by atoms with Crippen molar-refractivity contribution in [2.75, 3.05) is 7.11 Å². The van der Waals surface area contributed by atoms with Crippen molar-refractivity contribution < 1.29 is 14.6 Å². The summed E-state index contributed by atoms with van der Waals surface area (Å²) in [5.41, 5.74) is 0.633. The lowest BCUT2D eigenvalue weighted by Gasteiger charge is -2.03. The van der Waals surface area contributed by atoms with E-state index in [2.05, 4.69) is 23.2 Å². The predicted octanol–water partition coefficient (Wildman–Crippen LogP) is 0.490. The molecule has 0 saturated heterocycles. The molecule has 0 rings (SSSR count). The molecule has 0 saturated carbocycles. The van der Waals surface area contributed by atoms with Gasteiger partial charge in [-0.1, -0.05) is 18.1 Å². The second kappa shape index (κ2) is 5.39. The van der Waals surface area contributed by atoms with Crippen LogP contribution in [-0.2, 0) is 9.53 Å². The lowest BCUT2D eigenvalue weighted by atomic mass is 10.1. The standard InChI is InChI=1S/C9H12O3/c1-7(2)8(10)5-4-6-9(11)12-3/h8,10H,1,5H2,2-3H3. The summed E-state index contributed by atoms with van der Waals surface area (Å²) in [7, 11) is 1.26. The molecule has 1 unspecified atom stereocenters. The largest absolute Gasteiger partial charge is 0.459 e. The van der Waals surface area contributed by atoms with Crippen molar-refractivity contribution in [1.29, 1.82) is 0 Å². The zero-order valence-corrected chi connectivity index (χ0v) is 7.26. The molecule has 1 atom stereocenters. The third-order valence-electron chi connectivity index (χ3n) is 1.24. The van der Waals surface area contributed by atoms with E-state index in [1.165, 1.54) is 7.11 Å². The molecule has 0 radical (unpaired) electrons. The van der Waals surface area contributed by atoms with Crippen LogP contribution < -0.4 is 0 Å². The van der Waals surface area contributed by atoms with E-state index in [0.29, 0.717) is 5.57 Å². The van der Waals surface area contributed by atoms with Crippen LogP contribution in [0.25, 0.3) is 0 Å². The molecular formula is C9H12O3. The van der Waals surface area contributed by atoms with Crippen LogP contribution in [0.3, 0.4) is 0 Å². The summed E-state index contributed by atoms with van der Waals surface area (Å²) in [6, 6.07) is 0. The van der Waals surface area contributed by atoms with E-state index in [-0.39, 0.29) is 6.42 Å². The van der Waals surface area contributed by atoms with Gasteiger partial charge in [0, 0.05) is 12.3 Å². The Hall–Kier alpha value is -1.27. The number of carbonyl (C=O) groups is 1. The van der Waals surface area contributed by atoms with Crippen molar-refractivity contribution in [1.82, 2.24) is 0 Å². The molecule has 0 aliphatic rings. The van der Waals surface area contributed by atoms with Crippen LogP contribution in [0.4, 0.5) is 0 Å². The van der Waals surface area contributed by atoms with Crippen LogP contribution in [-0.4, -0.2) is 24.3 Å². The zero-order valence-electron chi connectivity index (χ0n) is 7.26. The van der Waals surface area contributed by atoms with Gasteiger partial charge < -0.3 is 9.84 Å². The molecule has 0 aromatic carbocycles. The molecule has 66 valence electrons. The van der Waals surface area contributed by atoms with Gasteiger partial charge in [0.25, 0.3) is 0 Å². The number of hydrogen-bond donors (Lipinski definition) is 1. The molecular weight excluding hydrogens is 156 g/mol. The molecule has 0 aromatic rings. The Balaban J connectivity index is 3.86. The van der Waals surface area contributed by atoms with E-state index in [1.807, 2.05) is 0 Å². The number of aliphatic hydroxyl groups excluding tert-OH is 1. The van der Waals surface area contributed by atoms with E-state index in [0.717, 1.165) is 0 Å². The summed E-state index contributed by atoms with van der Waals surface area (Å²) in [6.45, 7) is 5.24. The fourth-order valence-corrected chi connectivity index (χ4v) is 0.445. The maximum Gasteiger partial charge on any atom is 0.384 e. The number of hydrogen-bond acceptors (Lipinski definition) is 3. The molecule has 0 aliphatic carbocycles. The van der Waals surface area contributed by atoms with Crippen molar-refractivity contribution in [3.63, 3.8) is 0 Å². The number of ether oxygens (including phenoxy) is 1. The Labute approximate surface area is 72.0 Å². The second-order valence-electron chi connectivity index (χ2n) is 2.36. The fourth-order valence-electron chi connectivity index (χ4n) is 0.445. The van der Waals surface area contributed by atoms with Gasteiger partial charge in [0.2, 0.25) is 0 Å². The molecule has 0 fully saturated rings. The van der Waals surface area contributed by atoms with Crippen molar-refractivity contribution >= 4 is 5.97 Å². The molecule has 3 heteroatoms. The minimum atomic E-state index is -0.665. The van der Waals surface area contributed by atoms with Crippen LogP contribution >= 0.6 is 0 Å². The highest BCUT2D eigenvalue weighted by Crippen LogP contribution is 2.00. The van der Waals surface area contributed by atoms with Crippen molar-refractivity contribution in [2.24, 2.45) is 0 Å². The summed E-state index contributed by atoms with van der Waals surface area (Å²) in [4.78, 5) is 10.5. The van der Waals surface area contributed by atoms with Gasteiger partial charge in [-0.3, -0.25) is 0 Å². The van der Waals surface area contributed by atoms with Crippen molar-refractivity contribution in [2.45, 2.75) is 19.4 Å². The maximum atomic E-state index is 10.5. The van der Waals surface area contributed by atoms with Gasteiger partial charge >= 0.3 is 5.97 Å². The molecule has 0 bridgehead atoms.